The van der Waals surface area contributed by atoms with Crippen molar-refractivity contribution in [3.63, 3.8) is 0 Å². The number of rotatable bonds is 2. The van der Waals surface area contributed by atoms with Crippen LogP contribution in [0.2, 0.25) is 5.02 Å². The Hall–Kier alpha value is -0.440. The van der Waals surface area contributed by atoms with Gasteiger partial charge in [-0.25, -0.2) is 0 Å². The topological polar surface area (TPSA) is 29.3 Å². The lowest BCUT2D eigenvalue weighted by Crippen LogP contribution is -2.44. The van der Waals surface area contributed by atoms with Gasteiger partial charge in [0.05, 0.1) is 0 Å². The molecule has 4 heteroatoms. The van der Waals surface area contributed by atoms with E-state index >= 15 is 0 Å². The number of benzene rings is 1. The molecule has 0 spiro atoms. The van der Waals surface area contributed by atoms with Crippen LogP contribution in [0, 0.1) is 0 Å². The standard InChI is InChI=1S/C12H17ClN2.ClH/c1-12(2,14)8-15-7-6-9-10(13)4-3-5-11(9)15;/h3-5H,6-8,14H2,1-2H3;1H. The molecule has 2 N–H and O–H groups in total. The molecule has 0 amide bonds. The van der Waals surface area contributed by atoms with Crippen LogP contribution in [0.3, 0.4) is 0 Å². The van der Waals surface area contributed by atoms with Gasteiger partial charge in [0.1, 0.15) is 0 Å². The number of nitrogens with zero attached hydrogens (tertiary/aromatic N) is 1. The van der Waals surface area contributed by atoms with Crippen LogP contribution in [0.4, 0.5) is 5.69 Å². The van der Waals surface area contributed by atoms with Crippen molar-refractivity contribution < 1.29 is 0 Å². The van der Waals surface area contributed by atoms with E-state index in [1.54, 1.807) is 0 Å². The summed E-state index contributed by atoms with van der Waals surface area (Å²) in [6.45, 7) is 6.01. The Morgan fingerprint density at radius 3 is 2.75 bits per heavy atom. The molecule has 0 aromatic heterocycles. The summed E-state index contributed by atoms with van der Waals surface area (Å²) in [4.78, 5) is 2.32. The number of halogens is 2. The van der Waals surface area contributed by atoms with Crippen molar-refractivity contribution >= 4 is 29.7 Å². The van der Waals surface area contributed by atoms with Gasteiger partial charge < -0.3 is 10.6 Å². The zero-order valence-corrected chi connectivity index (χ0v) is 11.2. The lowest BCUT2D eigenvalue weighted by molar-refractivity contribution is 0.511. The second kappa shape index (κ2) is 4.82. The van der Waals surface area contributed by atoms with Crippen LogP contribution < -0.4 is 10.6 Å². The molecule has 0 radical (unpaired) electrons. The maximum Gasteiger partial charge on any atom is 0.0459 e. The van der Waals surface area contributed by atoms with Crippen LogP contribution in [0.15, 0.2) is 18.2 Å². The third-order valence-corrected chi connectivity index (χ3v) is 3.02. The largest absolute Gasteiger partial charge is 0.369 e. The van der Waals surface area contributed by atoms with Crippen molar-refractivity contribution in [3.05, 3.63) is 28.8 Å². The third-order valence-electron chi connectivity index (χ3n) is 2.66. The van der Waals surface area contributed by atoms with Gasteiger partial charge in [0.2, 0.25) is 0 Å². The second-order valence-corrected chi connectivity index (χ2v) is 5.30. The van der Waals surface area contributed by atoms with Gasteiger partial charge in [-0.3, -0.25) is 0 Å². The van der Waals surface area contributed by atoms with Crippen molar-refractivity contribution in [1.29, 1.82) is 0 Å². The van der Waals surface area contributed by atoms with Crippen molar-refractivity contribution in [1.82, 2.24) is 0 Å². The summed E-state index contributed by atoms with van der Waals surface area (Å²) in [6.07, 6.45) is 1.03. The quantitative estimate of drug-likeness (QED) is 0.887. The number of hydrogen-bond donors (Lipinski definition) is 1. The van der Waals surface area contributed by atoms with E-state index in [1.807, 2.05) is 12.1 Å². The van der Waals surface area contributed by atoms with Crippen LogP contribution >= 0.6 is 24.0 Å². The molecule has 0 unspecified atom stereocenters. The van der Waals surface area contributed by atoms with Crippen LogP contribution in [0.5, 0.6) is 0 Å². The van der Waals surface area contributed by atoms with Gasteiger partial charge in [0, 0.05) is 29.3 Å². The van der Waals surface area contributed by atoms with Gasteiger partial charge in [0.15, 0.2) is 0 Å². The normalized spacial score (nSPS) is 14.6. The number of fused-ring (bicyclic) bond motifs is 1. The Labute approximate surface area is 108 Å². The van der Waals surface area contributed by atoms with Crippen molar-refractivity contribution in [2.75, 3.05) is 18.0 Å². The average molecular weight is 261 g/mol. The van der Waals surface area contributed by atoms with Crippen molar-refractivity contribution in [2.45, 2.75) is 25.8 Å². The van der Waals surface area contributed by atoms with E-state index in [2.05, 4.69) is 24.8 Å². The fourth-order valence-corrected chi connectivity index (χ4v) is 2.38. The summed E-state index contributed by atoms with van der Waals surface area (Å²) >= 11 is 6.15. The Balaban J connectivity index is 0.00000128. The monoisotopic (exact) mass is 260 g/mol. The molecular weight excluding hydrogens is 243 g/mol. The predicted molar refractivity (Wildman–Crippen MR) is 72.9 cm³/mol. The first-order chi connectivity index (χ1) is 6.97. The fraction of sp³-hybridized carbons (Fsp3) is 0.500. The number of anilines is 1. The molecule has 0 saturated carbocycles. The van der Waals surface area contributed by atoms with E-state index in [1.165, 1.54) is 11.3 Å². The molecule has 1 aromatic carbocycles. The first kappa shape index (κ1) is 13.6. The van der Waals surface area contributed by atoms with E-state index in [9.17, 15) is 0 Å². The molecule has 90 valence electrons. The van der Waals surface area contributed by atoms with Gasteiger partial charge >= 0.3 is 0 Å². The molecule has 0 aliphatic carbocycles. The number of hydrogen-bond acceptors (Lipinski definition) is 2. The molecule has 1 heterocycles. The minimum absolute atomic E-state index is 0. The zero-order chi connectivity index (χ0) is 11.1. The molecule has 0 atom stereocenters. The van der Waals surface area contributed by atoms with Gasteiger partial charge in [-0.1, -0.05) is 17.7 Å². The van der Waals surface area contributed by atoms with Crippen LogP contribution in [0.25, 0.3) is 0 Å². The molecule has 1 aromatic rings. The third kappa shape index (κ3) is 2.82. The molecule has 2 rings (SSSR count). The molecule has 0 saturated heterocycles. The summed E-state index contributed by atoms with van der Waals surface area (Å²) < 4.78 is 0. The molecule has 0 bridgehead atoms. The molecule has 1 aliphatic heterocycles. The van der Waals surface area contributed by atoms with Gasteiger partial charge in [-0.05, 0) is 38.0 Å². The SMILES string of the molecule is CC(C)(N)CN1CCc2c(Cl)cccc21.Cl. The Morgan fingerprint density at radius 2 is 2.12 bits per heavy atom. The van der Waals surface area contributed by atoms with Crippen LogP contribution in [0.1, 0.15) is 19.4 Å². The van der Waals surface area contributed by atoms with Crippen molar-refractivity contribution in [2.24, 2.45) is 5.73 Å². The molecule has 2 nitrogen and oxygen atoms in total. The molecule has 16 heavy (non-hydrogen) atoms. The number of nitrogens with two attached hydrogens (primary N) is 1. The first-order valence-electron chi connectivity index (χ1n) is 5.28. The summed E-state index contributed by atoms with van der Waals surface area (Å²) in [5.74, 6) is 0. The smallest absolute Gasteiger partial charge is 0.0459 e. The minimum Gasteiger partial charge on any atom is -0.369 e. The van der Waals surface area contributed by atoms with E-state index in [0.717, 1.165) is 24.5 Å². The lowest BCUT2D eigenvalue weighted by atomic mass is 10.1. The Kier molecular flexibility index (Phi) is 4.11. The highest BCUT2D eigenvalue weighted by atomic mass is 35.5. The van der Waals surface area contributed by atoms with E-state index in [0.29, 0.717) is 0 Å². The van der Waals surface area contributed by atoms with Gasteiger partial charge in [0.25, 0.3) is 0 Å². The van der Waals surface area contributed by atoms with Gasteiger partial charge in [-0.15, -0.1) is 12.4 Å². The Bertz CT molecular complexity index is 372. The predicted octanol–water partition coefficient (Wildman–Crippen LogP) is 2.86. The van der Waals surface area contributed by atoms with Gasteiger partial charge in [-0.2, -0.15) is 0 Å². The van der Waals surface area contributed by atoms with E-state index in [-0.39, 0.29) is 17.9 Å². The average Bonchev–Trinajstić information content (AvgIpc) is 2.48. The highest BCUT2D eigenvalue weighted by molar-refractivity contribution is 6.31. The van der Waals surface area contributed by atoms with E-state index in [4.69, 9.17) is 17.3 Å². The zero-order valence-electron chi connectivity index (χ0n) is 9.66. The van der Waals surface area contributed by atoms with Crippen LogP contribution in [-0.4, -0.2) is 18.6 Å². The molecule has 0 fully saturated rings. The summed E-state index contributed by atoms with van der Waals surface area (Å²) in [5.41, 5.74) is 8.39. The van der Waals surface area contributed by atoms with E-state index < -0.39 is 0 Å². The maximum absolute atomic E-state index is 6.15. The van der Waals surface area contributed by atoms with Crippen LogP contribution in [-0.2, 0) is 6.42 Å². The summed E-state index contributed by atoms with van der Waals surface area (Å²) in [6, 6.07) is 6.08. The Morgan fingerprint density at radius 1 is 1.44 bits per heavy atom. The summed E-state index contributed by atoms with van der Waals surface area (Å²) in [7, 11) is 0. The summed E-state index contributed by atoms with van der Waals surface area (Å²) in [5, 5.41) is 0.879. The molecule has 1 aliphatic rings. The second-order valence-electron chi connectivity index (χ2n) is 4.90. The minimum atomic E-state index is -0.163. The fourth-order valence-electron chi connectivity index (χ4n) is 2.11. The first-order valence-corrected chi connectivity index (χ1v) is 5.66. The highest BCUT2D eigenvalue weighted by Crippen LogP contribution is 2.33. The highest BCUT2D eigenvalue weighted by Gasteiger charge is 2.24. The molecular formula is C12H18Cl2N2. The lowest BCUT2D eigenvalue weighted by Gasteiger charge is -2.28. The van der Waals surface area contributed by atoms with Crippen molar-refractivity contribution in [3.8, 4) is 0 Å². The maximum atomic E-state index is 6.15.